The molecule has 0 aromatic carbocycles. The van der Waals surface area contributed by atoms with Crippen molar-refractivity contribution >= 4 is 5.90 Å². The Morgan fingerprint density at radius 3 is 2.46 bits per heavy atom. The summed E-state index contributed by atoms with van der Waals surface area (Å²) >= 11 is 0. The van der Waals surface area contributed by atoms with Crippen LogP contribution in [0.3, 0.4) is 0 Å². The summed E-state index contributed by atoms with van der Waals surface area (Å²) < 4.78 is 5.28. The van der Waals surface area contributed by atoms with Gasteiger partial charge in [-0.15, -0.1) is 0 Å². The molecule has 74 valence electrons. The van der Waals surface area contributed by atoms with Gasteiger partial charge in [-0.05, 0) is 30.6 Å². The van der Waals surface area contributed by atoms with Gasteiger partial charge in [0.15, 0.2) is 5.90 Å². The van der Waals surface area contributed by atoms with Gasteiger partial charge >= 0.3 is 0 Å². The van der Waals surface area contributed by atoms with Crippen LogP contribution in [-0.2, 0) is 4.74 Å². The van der Waals surface area contributed by atoms with Crippen LogP contribution >= 0.6 is 0 Å². The van der Waals surface area contributed by atoms with E-state index in [1.807, 2.05) is 0 Å². The predicted octanol–water partition coefficient (Wildman–Crippen LogP) is 2.49. The van der Waals surface area contributed by atoms with Crippen LogP contribution < -0.4 is 0 Å². The maximum absolute atomic E-state index is 5.28. The summed E-state index contributed by atoms with van der Waals surface area (Å²) in [5.41, 5.74) is 0.534. The minimum Gasteiger partial charge on any atom is -0.484 e. The molecular formula is C11H19NO. The van der Waals surface area contributed by atoms with Crippen molar-refractivity contribution in [2.24, 2.45) is 22.2 Å². The van der Waals surface area contributed by atoms with Gasteiger partial charge in [-0.3, -0.25) is 4.99 Å². The van der Waals surface area contributed by atoms with Crippen LogP contribution in [0.2, 0.25) is 0 Å². The van der Waals surface area contributed by atoms with Crippen molar-refractivity contribution in [3.8, 4) is 0 Å². The van der Waals surface area contributed by atoms with Crippen molar-refractivity contribution in [3.05, 3.63) is 0 Å². The highest BCUT2D eigenvalue weighted by molar-refractivity contribution is 5.78. The molecule has 1 fully saturated rings. The number of rotatable bonds is 0. The minimum absolute atomic E-state index is 0.439. The summed E-state index contributed by atoms with van der Waals surface area (Å²) in [4.78, 5) is 4.55. The molecule has 0 saturated heterocycles. The van der Waals surface area contributed by atoms with Gasteiger partial charge in [0, 0.05) is 6.42 Å². The third kappa shape index (κ3) is 1.18. The summed E-state index contributed by atoms with van der Waals surface area (Å²) in [5, 5.41) is 0. The Morgan fingerprint density at radius 2 is 2.00 bits per heavy atom. The van der Waals surface area contributed by atoms with Gasteiger partial charge in [-0.2, -0.15) is 0 Å². The average molecular weight is 181 g/mol. The molecule has 4 unspecified atom stereocenters. The zero-order valence-electron chi connectivity index (χ0n) is 9.00. The molecule has 2 rings (SSSR count). The maximum Gasteiger partial charge on any atom is 0.183 e. The summed E-state index contributed by atoms with van der Waals surface area (Å²) in [6.07, 6.45) is 2.43. The third-order valence-corrected chi connectivity index (χ3v) is 4.20. The van der Waals surface area contributed by atoms with Crippen LogP contribution in [0.1, 0.15) is 33.6 Å². The highest BCUT2D eigenvalue weighted by Crippen LogP contribution is 2.62. The Bertz CT molecular complexity index is 248. The lowest BCUT2D eigenvalue weighted by Gasteiger charge is -2.32. The van der Waals surface area contributed by atoms with E-state index in [4.69, 9.17) is 4.74 Å². The van der Waals surface area contributed by atoms with Gasteiger partial charge in [0.25, 0.3) is 0 Å². The molecule has 0 bridgehead atoms. The topological polar surface area (TPSA) is 21.6 Å². The Balaban J connectivity index is 2.21. The first-order valence-electron chi connectivity index (χ1n) is 5.21. The van der Waals surface area contributed by atoms with Crippen LogP contribution in [0.15, 0.2) is 4.99 Å². The fourth-order valence-corrected chi connectivity index (χ4v) is 2.82. The maximum atomic E-state index is 5.28. The van der Waals surface area contributed by atoms with Crippen LogP contribution in [-0.4, -0.2) is 19.0 Å². The van der Waals surface area contributed by atoms with E-state index in [-0.39, 0.29) is 0 Å². The molecule has 2 nitrogen and oxygen atoms in total. The Labute approximate surface area is 80.4 Å². The molecule has 1 heterocycles. The second kappa shape index (κ2) is 2.73. The molecule has 2 heteroatoms. The van der Waals surface area contributed by atoms with Gasteiger partial charge in [0.2, 0.25) is 0 Å². The third-order valence-electron chi connectivity index (χ3n) is 4.20. The van der Waals surface area contributed by atoms with Gasteiger partial charge in [-0.1, -0.05) is 13.8 Å². The second-order valence-corrected chi connectivity index (χ2v) is 4.77. The van der Waals surface area contributed by atoms with Crippen LogP contribution in [0.4, 0.5) is 0 Å². The van der Waals surface area contributed by atoms with Gasteiger partial charge < -0.3 is 4.74 Å². The summed E-state index contributed by atoms with van der Waals surface area (Å²) in [6.45, 7) is 6.89. The lowest BCUT2D eigenvalue weighted by atomic mass is 9.79. The Hall–Kier alpha value is -0.530. The first kappa shape index (κ1) is 9.04. The number of hydrogen-bond acceptors (Lipinski definition) is 2. The SMILES string of the molecule is COC1=NC(C)C(C)C2(C1)CC2C. The van der Waals surface area contributed by atoms with E-state index in [0.29, 0.717) is 11.5 Å². The molecule has 0 amide bonds. The van der Waals surface area contributed by atoms with Crippen LogP contribution in [0.5, 0.6) is 0 Å². The lowest BCUT2D eigenvalue weighted by Crippen LogP contribution is -2.33. The quantitative estimate of drug-likeness (QED) is 0.562. The van der Waals surface area contributed by atoms with E-state index < -0.39 is 0 Å². The molecular weight excluding hydrogens is 162 g/mol. The second-order valence-electron chi connectivity index (χ2n) is 4.77. The minimum atomic E-state index is 0.439. The van der Waals surface area contributed by atoms with Crippen LogP contribution in [0.25, 0.3) is 0 Å². The van der Waals surface area contributed by atoms with E-state index in [2.05, 4.69) is 25.8 Å². The molecule has 13 heavy (non-hydrogen) atoms. The standard InChI is InChI=1S/C11H19NO/c1-7-5-11(7)6-10(13-4)12-9(3)8(11)2/h7-9H,5-6H2,1-4H3. The molecule has 1 aliphatic heterocycles. The number of hydrogen-bond donors (Lipinski definition) is 0. The van der Waals surface area contributed by atoms with Gasteiger partial charge in [0.1, 0.15) is 0 Å². The average Bonchev–Trinajstić information content (AvgIpc) is 2.73. The fraction of sp³-hybridized carbons (Fsp3) is 0.909. The normalized spacial score (nSPS) is 48.9. The van der Waals surface area contributed by atoms with E-state index in [0.717, 1.165) is 24.2 Å². The number of aliphatic imine (C=N–C) groups is 1. The van der Waals surface area contributed by atoms with Crippen molar-refractivity contribution in [1.29, 1.82) is 0 Å². The van der Waals surface area contributed by atoms with Crippen molar-refractivity contribution in [2.75, 3.05) is 7.11 Å². The Morgan fingerprint density at radius 1 is 1.38 bits per heavy atom. The fourth-order valence-electron chi connectivity index (χ4n) is 2.82. The summed E-state index contributed by atoms with van der Waals surface area (Å²) in [5.74, 6) is 2.56. The van der Waals surface area contributed by atoms with E-state index >= 15 is 0 Å². The molecule has 0 N–H and O–H groups in total. The zero-order valence-corrected chi connectivity index (χ0v) is 9.00. The summed E-state index contributed by atoms with van der Waals surface area (Å²) in [6, 6.07) is 0.439. The molecule has 0 aromatic heterocycles. The largest absolute Gasteiger partial charge is 0.484 e. The summed E-state index contributed by atoms with van der Waals surface area (Å²) in [7, 11) is 1.74. The molecule has 1 spiro atoms. The number of ether oxygens (including phenoxy) is 1. The van der Waals surface area contributed by atoms with E-state index in [1.54, 1.807) is 7.11 Å². The number of methoxy groups -OCH3 is 1. The molecule has 1 saturated carbocycles. The van der Waals surface area contributed by atoms with Crippen molar-refractivity contribution in [3.63, 3.8) is 0 Å². The monoisotopic (exact) mass is 181 g/mol. The predicted molar refractivity (Wildman–Crippen MR) is 53.9 cm³/mol. The van der Waals surface area contributed by atoms with E-state index in [9.17, 15) is 0 Å². The Kier molecular flexibility index (Phi) is 1.90. The number of nitrogens with zero attached hydrogens (tertiary/aromatic N) is 1. The molecule has 1 aliphatic carbocycles. The first-order chi connectivity index (χ1) is 6.10. The van der Waals surface area contributed by atoms with Crippen LogP contribution in [0, 0.1) is 17.3 Å². The van der Waals surface area contributed by atoms with Gasteiger partial charge in [-0.25, -0.2) is 0 Å². The molecule has 0 aromatic rings. The smallest absolute Gasteiger partial charge is 0.183 e. The highest BCUT2D eigenvalue weighted by Gasteiger charge is 2.58. The first-order valence-corrected chi connectivity index (χ1v) is 5.21. The van der Waals surface area contributed by atoms with Crippen molar-refractivity contribution < 1.29 is 4.74 Å². The van der Waals surface area contributed by atoms with Crippen molar-refractivity contribution in [1.82, 2.24) is 0 Å². The zero-order chi connectivity index (χ0) is 9.64. The van der Waals surface area contributed by atoms with E-state index in [1.165, 1.54) is 6.42 Å². The molecule has 4 atom stereocenters. The molecule has 0 radical (unpaired) electrons. The lowest BCUT2D eigenvalue weighted by molar-refractivity contribution is 0.232. The van der Waals surface area contributed by atoms with Crippen molar-refractivity contribution in [2.45, 2.75) is 39.7 Å². The highest BCUT2D eigenvalue weighted by atomic mass is 16.5. The van der Waals surface area contributed by atoms with Gasteiger partial charge in [0.05, 0.1) is 13.2 Å². The molecule has 2 aliphatic rings.